The third kappa shape index (κ3) is 73.6. The first-order chi connectivity index (χ1) is 45.0. The molecule has 0 fully saturated rings. The highest BCUT2D eigenvalue weighted by Crippen LogP contribution is 2.43. The second-order valence-corrected chi connectivity index (χ2v) is 25.6. The van der Waals surface area contributed by atoms with Gasteiger partial charge in [-0.2, -0.15) is 0 Å². The van der Waals surface area contributed by atoms with E-state index < -0.39 is 26.5 Å². The standard InChI is InChI=1S/C82H130NO8P/c1-6-8-10-12-14-16-18-20-22-24-26-28-30-32-34-36-38-40-41-43-45-47-49-51-53-55-57-59-61-63-65-67-69-71-73-75-82(85)91-80(79-90-92(86,87)89-77-76-83(3,4)5)78-88-81(84)74-72-70-68-66-64-62-60-58-56-54-52-50-48-46-44-42-39-37-35-33-31-29-27-25-23-21-19-17-15-13-11-9-7-2/h8-11,14-17,20-23,26-29,32-35,38-40,42-43,45-46,48-49,51,55,57,61,63,80H,6-7,12-13,18-19,24-25,30-31,36-37,41,44,47,50,52-54,56,58-60,62,64-79H2,1-5H3/p+1/b10-8-,11-9-,16-14-,17-15-,22-20-,23-21-,28-26-,29-27-,34-32-,35-33-,40-38-,42-39-,45-43-,48-46-,51-49-,57-55-,63-61-. The van der Waals surface area contributed by atoms with E-state index in [-0.39, 0.29) is 32.0 Å². The fourth-order valence-electron chi connectivity index (χ4n) is 8.91. The normalized spacial score (nSPS) is 14.4. The zero-order chi connectivity index (χ0) is 66.9. The summed E-state index contributed by atoms with van der Waals surface area (Å²) in [4.78, 5) is 35.9. The molecule has 2 atom stereocenters. The highest BCUT2D eigenvalue weighted by atomic mass is 31.2. The Kier molecular flexibility index (Phi) is 65.8. The molecule has 1 N–H and O–H groups in total. The predicted octanol–water partition coefficient (Wildman–Crippen LogP) is 23.8. The summed E-state index contributed by atoms with van der Waals surface area (Å²) in [6.07, 6.45) is 111. The highest BCUT2D eigenvalue weighted by Gasteiger charge is 2.27. The van der Waals surface area contributed by atoms with Gasteiger partial charge in [-0.3, -0.25) is 18.6 Å². The molecular weight excluding hydrogens is 1160 g/mol. The number of phosphoric acid groups is 1. The lowest BCUT2D eigenvalue weighted by atomic mass is 10.0. The molecule has 0 aromatic carbocycles. The molecule has 92 heavy (non-hydrogen) atoms. The van der Waals surface area contributed by atoms with E-state index in [1.54, 1.807) is 0 Å². The first-order valence-electron chi connectivity index (χ1n) is 35.8. The van der Waals surface area contributed by atoms with Crippen molar-refractivity contribution in [3.63, 3.8) is 0 Å². The van der Waals surface area contributed by atoms with Gasteiger partial charge in [-0.25, -0.2) is 4.57 Å². The van der Waals surface area contributed by atoms with Gasteiger partial charge in [-0.15, -0.1) is 0 Å². The minimum Gasteiger partial charge on any atom is -0.462 e. The molecule has 0 heterocycles. The smallest absolute Gasteiger partial charge is 0.462 e. The van der Waals surface area contributed by atoms with Crippen LogP contribution in [0.15, 0.2) is 207 Å². The Morgan fingerprint density at radius 2 is 0.587 bits per heavy atom. The average molecular weight is 1290 g/mol. The number of carbonyl (C=O) groups is 2. The van der Waals surface area contributed by atoms with Gasteiger partial charge in [0.15, 0.2) is 6.10 Å². The highest BCUT2D eigenvalue weighted by molar-refractivity contribution is 7.47. The maximum atomic E-state index is 12.9. The van der Waals surface area contributed by atoms with Crippen molar-refractivity contribution in [3.05, 3.63) is 207 Å². The molecule has 9 nitrogen and oxygen atoms in total. The molecule has 0 rings (SSSR count). The van der Waals surface area contributed by atoms with Gasteiger partial charge < -0.3 is 18.9 Å². The van der Waals surface area contributed by atoms with Crippen LogP contribution in [0.25, 0.3) is 0 Å². The fourth-order valence-corrected chi connectivity index (χ4v) is 9.65. The Morgan fingerprint density at radius 3 is 0.870 bits per heavy atom. The van der Waals surface area contributed by atoms with Gasteiger partial charge >= 0.3 is 19.8 Å². The van der Waals surface area contributed by atoms with E-state index in [1.165, 1.54) is 44.9 Å². The molecular formula is C82H131NO8P+. The van der Waals surface area contributed by atoms with Gasteiger partial charge in [0.25, 0.3) is 0 Å². The van der Waals surface area contributed by atoms with Crippen LogP contribution in [0.2, 0.25) is 0 Å². The number of quaternary nitrogens is 1. The van der Waals surface area contributed by atoms with Gasteiger partial charge in [0.1, 0.15) is 19.8 Å². The summed E-state index contributed by atoms with van der Waals surface area (Å²) in [6, 6.07) is 0. The summed E-state index contributed by atoms with van der Waals surface area (Å²) in [7, 11) is 1.43. The Labute approximate surface area is 564 Å². The molecule has 0 amide bonds. The number of hydrogen-bond donors (Lipinski definition) is 1. The van der Waals surface area contributed by atoms with Crippen molar-refractivity contribution in [1.29, 1.82) is 0 Å². The summed E-state index contributed by atoms with van der Waals surface area (Å²) in [5.74, 6) is -0.845. The van der Waals surface area contributed by atoms with Gasteiger partial charge in [-0.05, 0) is 148 Å². The molecule has 0 bridgehead atoms. The molecule has 2 unspecified atom stereocenters. The van der Waals surface area contributed by atoms with Crippen molar-refractivity contribution in [2.75, 3.05) is 47.5 Å². The summed E-state index contributed by atoms with van der Waals surface area (Å²) >= 11 is 0. The number of rotatable bonds is 63. The van der Waals surface area contributed by atoms with Gasteiger partial charge in [-0.1, -0.05) is 291 Å². The SMILES string of the molecule is CC/C=C\C/C=C\C/C=C\C/C=C\C/C=C\C/C=C\C/C=C\C/C=C\C/C=C\C/C=C\CCCCCCC(=O)OC(COC(=O)CCCCCCCCCCCCC/C=C\C/C=C\C/C=C\C/C=C\C/C=C\C/C=C\C/C=C\CC)COP(=O)(O)OCC[N+](C)(C)C. The quantitative estimate of drug-likeness (QED) is 0.0211. The number of allylic oxidation sites excluding steroid dienone is 34. The van der Waals surface area contributed by atoms with E-state index >= 15 is 0 Å². The number of likely N-dealkylation sites (N-methyl/N-ethyl adjacent to an activating group) is 1. The predicted molar refractivity (Wildman–Crippen MR) is 398 cm³/mol. The number of unbranched alkanes of at least 4 members (excludes halogenated alkanes) is 15. The number of phosphoric ester groups is 1. The first-order valence-corrected chi connectivity index (χ1v) is 37.3. The van der Waals surface area contributed by atoms with Crippen molar-refractivity contribution in [2.24, 2.45) is 0 Å². The molecule has 10 heteroatoms. The van der Waals surface area contributed by atoms with E-state index in [0.717, 1.165) is 167 Å². The van der Waals surface area contributed by atoms with Crippen LogP contribution >= 0.6 is 7.82 Å². The van der Waals surface area contributed by atoms with Crippen molar-refractivity contribution >= 4 is 19.8 Å². The van der Waals surface area contributed by atoms with E-state index in [1.807, 2.05) is 21.1 Å². The number of hydrogen-bond acceptors (Lipinski definition) is 7. The van der Waals surface area contributed by atoms with E-state index in [4.69, 9.17) is 18.5 Å². The van der Waals surface area contributed by atoms with Crippen LogP contribution in [0.3, 0.4) is 0 Å². The largest absolute Gasteiger partial charge is 0.472 e. The monoisotopic (exact) mass is 1290 g/mol. The Hall–Kier alpha value is -5.41. The lowest BCUT2D eigenvalue weighted by Crippen LogP contribution is -2.37. The van der Waals surface area contributed by atoms with E-state index in [0.29, 0.717) is 17.4 Å². The third-order valence-electron chi connectivity index (χ3n) is 14.3. The number of nitrogens with zero attached hydrogens (tertiary/aromatic N) is 1. The van der Waals surface area contributed by atoms with E-state index in [2.05, 4.69) is 220 Å². The molecule has 516 valence electrons. The minimum absolute atomic E-state index is 0.0143. The maximum absolute atomic E-state index is 12.9. The van der Waals surface area contributed by atoms with Gasteiger partial charge in [0, 0.05) is 12.8 Å². The van der Waals surface area contributed by atoms with Crippen LogP contribution < -0.4 is 0 Å². The molecule has 0 aliphatic rings. The molecule has 0 aliphatic carbocycles. The molecule has 0 aliphatic heterocycles. The van der Waals surface area contributed by atoms with Crippen LogP contribution in [0.1, 0.15) is 245 Å². The van der Waals surface area contributed by atoms with Crippen LogP contribution in [-0.4, -0.2) is 74.9 Å². The first kappa shape index (κ1) is 86.6. The second-order valence-electron chi connectivity index (χ2n) is 24.2. The average Bonchev–Trinajstić information content (AvgIpc) is 2.14. The summed E-state index contributed by atoms with van der Waals surface area (Å²) < 4.78 is 34.7. The molecule has 0 aromatic rings. The summed E-state index contributed by atoms with van der Waals surface area (Å²) in [5, 5.41) is 0. The molecule has 0 aromatic heterocycles. The van der Waals surface area contributed by atoms with Crippen molar-refractivity contribution in [1.82, 2.24) is 0 Å². The van der Waals surface area contributed by atoms with Crippen LogP contribution in [-0.2, 0) is 32.7 Å². The second kappa shape index (κ2) is 69.9. The number of ether oxygens (including phenoxy) is 2. The zero-order valence-electron chi connectivity index (χ0n) is 58.7. The Balaban J connectivity index is 4.20. The maximum Gasteiger partial charge on any atom is 0.472 e. The molecule has 0 saturated carbocycles. The van der Waals surface area contributed by atoms with Crippen LogP contribution in [0.4, 0.5) is 0 Å². The summed E-state index contributed by atoms with van der Waals surface area (Å²) in [6.45, 7) is 4.15. The summed E-state index contributed by atoms with van der Waals surface area (Å²) in [5.41, 5.74) is 0. The van der Waals surface area contributed by atoms with Crippen molar-refractivity contribution in [2.45, 2.75) is 251 Å². The van der Waals surface area contributed by atoms with Crippen LogP contribution in [0.5, 0.6) is 0 Å². The lowest BCUT2D eigenvalue weighted by Gasteiger charge is -2.24. The van der Waals surface area contributed by atoms with E-state index in [9.17, 15) is 19.0 Å². The van der Waals surface area contributed by atoms with Crippen molar-refractivity contribution < 1.29 is 42.1 Å². The third-order valence-corrected chi connectivity index (χ3v) is 15.3. The molecule has 0 spiro atoms. The fraction of sp³-hybridized carbons (Fsp3) is 0.561. The molecule has 0 radical (unpaired) electrons. The Morgan fingerprint density at radius 1 is 0.337 bits per heavy atom. The van der Waals surface area contributed by atoms with Gasteiger partial charge in [0.05, 0.1) is 27.7 Å². The zero-order valence-corrected chi connectivity index (χ0v) is 59.6. The van der Waals surface area contributed by atoms with Crippen LogP contribution in [0, 0.1) is 0 Å². The number of carbonyl (C=O) groups excluding carboxylic acids is 2. The Bertz CT molecular complexity index is 2310. The lowest BCUT2D eigenvalue weighted by molar-refractivity contribution is -0.870. The topological polar surface area (TPSA) is 108 Å². The van der Waals surface area contributed by atoms with Gasteiger partial charge in [0.2, 0.25) is 0 Å². The minimum atomic E-state index is -4.42. The van der Waals surface area contributed by atoms with Crippen molar-refractivity contribution in [3.8, 4) is 0 Å². The number of esters is 2. The molecule has 0 saturated heterocycles.